The molecule has 2 heterocycles. The van der Waals surface area contributed by atoms with Gasteiger partial charge in [0, 0.05) is 23.1 Å². The molecule has 6 nitrogen and oxygen atoms in total. The molecular formula is C20H20Cl2N4O2. The van der Waals surface area contributed by atoms with Gasteiger partial charge in [-0.05, 0) is 36.2 Å². The van der Waals surface area contributed by atoms with Crippen LogP contribution in [0.4, 0.5) is 0 Å². The van der Waals surface area contributed by atoms with E-state index in [0.717, 1.165) is 16.6 Å². The maximum Gasteiger partial charge on any atom is 0.240 e. The minimum atomic E-state index is -0.721. The van der Waals surface area contributed by atoms with Gasteiger partial charge >= 0.3 is 0 Å². The Labute approximate surface area is 172 Å². The van der Waals surface area contributed by atoms with Gasteiger partial charge in [-0.15, -0.1) is 0 Å². The van der Waals surface area contributed by atoms with Crippen LogP contribution in [0.5, 0.6) is 0 Å². The summed E-state index contributed by atoms with van der Waals surface area (Å²) in [6.45, 7) is 1.35. The van der Waals surface area contributed by atoms with Crippen molar-refractivity contribution >= 4 is 40.1 Å². The van der Waals surface area contributed by atoms with Crippen LogP contribution in [0.1, 0.15) is 17.8 Å². The third-order valence-electron chi connectivity index (χ3n) is 5.00. The molecule has 1 aromatic heterocycles. The Bertz CT molecular complexity index is 974. The number of fused-ring (bicyclic) bond motifs is 1. The lowest BCUT2D eigenvalue weighted by Gasteiger charge is -2.25. The summed E-state index contributed by atoms with van der Waals surface area (Å²) in [5.74, 6) is 0.449. The third-order valence-corrected chi connectivity index (χ3v) is 5.58. The molecule has 8 heteroatoms. The van der Waals surface area contributed by atoms with Gasteiger partial charge in [-0.25, -0.2) is 4.98 Å². The summed E-state index contributed by atoms with van der Waals surface area (Å²) in [6, 6.07) is 12.4. The van der Waals surface area contributed by atoms with E-state index in [0.29, 0.717) is 35.4 Å². The summed E-state index contributed by atoms with van der Waals surface area (Å²) in [4.78, 5) is 22.4. The maximum absolute atomic E-state index is 12.8. The lowest BCUT2D eigenvalue weighted by Crippen LogP contribution is -2.47. The summed E-state index contributed by atoms with van der Waals surface area (Å²) >= 11 is 12.2. The van der Waals surface area contributed by atoms with E-state index < -0.39 is 12.1 Å². The zero-order chi connectivity index (χ0) is 19.7. The summed E-state index contributed by atoms with van der Waals surface area (Å²) in [6.07, 6.45) is -0.185. The van der Waals surface area contributed by atoms with Crippen LogP contribution in [-0.2, 0) is 17.9 Å². The molecule has 146 valence electrons. The lowest BCUT2D eigenvalue weighted by molar-refractivity contribution is -0.128. The molecule has 1 aliphatic heterocycles. The Hall–Kier alpha value is -2.12. The molecule has 4 rings (SSSR count). The van der Waals surface area contributed by atoms with E-state index in [9.17, 15) is 9.90 Å². The second-order valence-corrected chi connectivity index (χ2v) is 7.77. The number of halogens is 2. The predicted molar refractivity (Wildman–Crippen MR) is 109 cm³/mol. The van der Waals surface area contributed by atoms with E-state index in [1.807, 2.05) is 35.2 Å². The third kappa shape index (κ3) is 4.00. The van der Waals surface area contributed by atoms with Gasteiger partial charge in [-0.3, -0.25) is 9.69 Å². The molecule has 0 saturated carbocycles. The molecule has 28 heavy (non-hydrogen) atoms. The number of H-pyrrole nitrogens is 1. The first-order valence-corrected chi connectivity index (χ1v) is 9.84. The lowest BCUT2D eigenvalue weighted by atomic mass is 10.1. The number of likely N-dealkylation sites (tertiary alicyclic amines) is 1. The van der Waals surface area contributed by atoms with Crippen LogP contribution >= 0.6 is 23.2 Å². The van der Waals surface area contributed by atoms with Crippen molar-refractivity contribution in [2.45, 2.75) is 31.7 Å². The monoisotopic (exact) mass is 418 g/mol. The van der Waals surface area contributed by atoms with Crippen LogP contribution in [-0.4, -0.2) is 44.6 Å². The van der Waals surface area contributed by atoms with Crippen molar-refractivity contribution < 1.29 is 9.90 Å². The molecule has 3 aromatic rings. The van der Waals surface area contributed by atoms with E-state index in [1.165, 1.54) is 0 Å². The van der Waals surface area contributed by atoms with Crippen LogP contribution in [0.3, 0.4) is 0 Å². The minimum Gasteiger partial charge on any atom is -0.391 e. The van der Waals surface area contributed by atoms with Crippen molar-refractivity contribution in [3.8, 4) is 0 Å². The van der Waals surface area contributed by atoms with Gasteiger partial charge < -0.3 is 15.4 Å². The van der Waals surface area contributed by atoms with E-state index >= 15 is 0 Å². The van der Waals surface area contributed by atoms with Gasteiger partial charge in [-0.2, -0.15) is 0 Å². The summed E-state index contributed by atoms with van der Waals surface area (Å²) in [7, 11) is 0. The molecule has 1 unspecified atom stereocenters. The molecule has 0 bridgehead atoms. The Morgan fingerprint density at radius 3 is 2.89 bits per heavy atom. The number of aliphatic hydroxyl groups excluding tert-OH is 1. The second kappa shape index (κ2) is 8.09. The van der Waals surface area contributed by atoms with E-state index in [-0.39, 0.29) is 12.5 Å². The summed E-state index contributed by atoms with van der Waals surface area (Å²) in [5.41, 5.74) is 2.65. The minimum absolute atomic E-state index is 0.226. The topological polar surface area (TPSA) is 81.2 Å². The van der Waals surface area contributed by atoms with Crippen molar-refractivity contribution in [1.82, 2.24) is 20.2 Å². The number of rotatable bonds is 5. The molecular weight excluding hydrogens is 399 g/mol. The number of nitrogens with zero attached hydrogens (tertiary/aromatic N) is 2. The maximum atomic E-state index is 12.8. The van der Waals surface area contributed by atoms with Crippen LogP contribution in [0.25, 0.3) is 11.0 Å². The van der Waals surface area contributed by atoms with Crippen LogP contribution in [0, 0.1) is 0 Å². The largest absolute Gasteiger partial charge is 0.391 e. The quantitative estimate of drug-likeness (QED) is 0.594. The van der Waals surface area contributed by atoms with Crippen molar-refractivity contribution in [3.05, 3.63) is 63.9 Å². The van der Waals surface area contributed by atoms with Gasteiger partial charge in [0.05, 0.1) is 23.7 Å². The molecule has 0 aliphatic carbocycles. The highest BCUT2D eigenvalue weighted by Crippen LogP contribution is 2.26. The molecule has 1 amide bonds. The number of para-hydroxylation sites is 2. The summed E-state index contributed by atoms with van der Waals surface area (Å²) in [5, 5.41) is 14.4. The van der Waals surface area contributed by atoms with Crippen molar-refractivity contribution in [3.63, 3.8) is 0 Å². The second-order valence-electron chi connectivity index (χ2n) is 6.93. The highest BCUT2D eigenvalue weighted by molar-refractivity contribution is 6.35. The zero-order valence-electron chi connectivity index (χ0n) is 15.0. The van der Waals surface area contributed by atoms with Crippen LogP contribution < -0.4 is 5.32 Å². The number of hydrogen-bond acceptors (Lipinski definition) is 4. The highest BCUT2D eigenvalue weighted by atomic mass is 35.5. The van der Waals surface area contributed by atoms with Crippen molar-refractivity contribution in [1.29, 1.82) is 0 Å². The van der Waals surface area contributed by atoms with Gasteiger partial charge in [0.2, 0.25) is 5.91 Å². The fourth-order valence-corrected chi connectivity index (χ4v) is 4.06. The first kappa shape index (κ1) is 19.2. The van der Waals surface area contributed by atoms with Gasteiger partial charge in [0.15, 0.2) is 0 Å². The van der Waals surface area contributed by atoms with Gasteiger partial charge in [-0.1, -0.05) is 41.4 Å². The Morgan fingerprint density at radius 2 is 2.11 bits per heavy atom. The number of hydrogen-bond donors (Lipinski definition) is 3. The predicted octanol–water partition coefficient (Wildman–Crippen LogP) is 3.12. The van der Waals surface area contributed by atoms with Gasteiger partial charge in [0.1, 0.15) is 11.9 Å². The number of imidazole rings is 1. The number of benzene rings is 2. The standard InChI is InChI=1S/C20H20Cl2N4O2/c21-13-6-5-12(14(22)9-13)11-26-8-7-17(27)19(26)20(28)23-10-18-24-15-3-1-2-4-16(15)25-18/h1-6,9,17,19,27H,7-8,10-11H2,(H,23,28)(H,24,25)/t17-,19?/m0/s1. The average Bonchev–Trinajstić information content (AvgIpc) is 3.25. The fraction of sp³-hybridized carbons (Fsp3) is 0.300. The summed E-state index contributed by atoms with van der Waals surface area (Å²) < 4.78 is 0. The normalized spacial score (nSPS) is 20.0. The van der Waals surface area contributed by atoms with E-state index in [2.05, 4.69) is 15.3 Å². The molecule has 1 saturated heterocycles. The Kier molecular flexibility index (Phi) is 5.55. The number of aromatic nitrogens is 2. The first-order chi connectivity index (χ1) is 13.5. The number of aromatic amines is 1. The SMILES string of the molecule is O=C(NCc1nc2ccccc2[nH]1)C1[C@@H](O)CCN1Cc1ccc(Cl)cc1Cl. The molecule has 1 fully saturated rings. The molecule has 2 atom stereocenters. The van der Waals surface area contributed by atoms with Crippen LogP contribution in [0.15, 0.2) is 42.5 Å². The Morgan fingerprint density at radius 1 is 1.29 bits per heavy atom. The number of carbonyl (C=O) groups is 1. The zero-order valence-corrected chi connectivity index (χ0v) is 16.5. The van der Waals surface area contributed by atoms with Crippen molar-refractivity contribution in [2.24, 2.45) is 0 Å². The number of aliphatic hydroxyl groups is 1. The van der Waals surface area contributed by atoms with E-state index in [1.54, 1.807) is 12.1 Å². The molecule has 2 aromatic carbocycles. The van der Waals surface area contributed by atoms with Gasteiger partial charge in [0.25, 0.3) is 0 Å². The molecule has 1 aliphatic rings. The Balaban J connectivity index is 1.43. The smallest absolute Gasteiger partial charge is 0.240 e. The first-order valence-electron chi connectivity index (χ1n) is 9.08. The van der Waals surface area contributed by atoms with Crippen molar-refractivity contribution in [2.75, 3.05) is 6.54 Å². The molecule has 0 spiro atoms. The molecule has 0 radical (unpaired) electrons. The number of carbonyl (C=O) groups excluding carboxylic acids is 1. The number of nitrogens with one attached hydrogen (secondary N) is 2. The fourth-order valence-electron chi connectivity index (χ4n) is 3.59. The average molecular weight is 419 g/mol. The number of amides is 1. The highest BCUT2D eigenvalue weighted by Gasteiger charge is 2.38. The van der Waals surface area contributed by atoms with Crippen LogP contribution in [0.2, 0.25) is 10.0 Å². The molecule has 3 N–H and O–H groups in total. The van der Waals surface area contributed by atoms with E-state index in [4.69, 9.17) is 23.2 Å².